The van der Waals surface area contributed by atoms with Crippen molar-refractivity contribution in [2.75, 3.05) is 33.2 Å². The summed E-state index contributed by atoms with van der Waals surface area (Å²) in [7, 11) is 2.06. The van der Waals surface area contributed by atoms with Crippen LogP contribution in [-0.4, -0.2) is 55.0 Å². The van der Waals surface area contributed by atoms with Crippen LogP contribution in [-0.2, 0) is 0 Å². The van der Waals surface area contributed by atoms with Gasteiger partial charge in [-0.25, -0.2) is 0 Å². The summed E-state index contributed by atoms with van der Waals surface area (Å²) in [6.07, 6.45) is 6.68. The Morgan fingerprint density at radius 2 is 1.95 bits per heavy atom. The molecule has 0 bridgehead atoms. The van der Waals surface area contributed by atoms with Crippen LogP contribution in [0.25, 0.3) is 0 Å². The van der Waals surface area contributed by atoms with E-state index >= 15 is 0 Å². The SMILES string of the molecule is CC(CN=C(N)N(C)C1CC1)CN1CCCCC1.I. The molecule has 1 saturated heterocycles. The molecular weight excluding hydrogens is 351 g/mol. The number of guanidine groups is 1. The molecular formula is C14H29IN4. The van der Waals surface area contributed by atoms with Crippen molar-refractivity contribution >= 4 is 29.9 Å². The van der Waals surface area contributed by atoms with Gasteiger partial charge < -0.3 is 15.5 Å². The van der Waals surface area contributed by atoms with Gasteiger partial charge in [0.2, 0.25) is 0 Å². The van der Waals surface area contributed by atoms with Crippen LogP contribution in [0, 0.1) is 5.92 Å². The molecule has 5 heteroatoms. The van der Waals surface area contributed by atoms with Crippen molar-refractivity contribution in [1.29, 1.82) is 0 Å². The van der Waals surface area contributed by atoms with E-state index in [1.165, 1.54) is 51.7 Å². The summed E-state index contributed by atoms with van der Waals surface area (Å²) in [5.74, 6) is 1.33. The molecule has 0 radical (unpaired) electrons. The summed E-state index contributed by atoms with van der Waals surface area (Å²) in [5.41, 5.74) is 6.00. The normalized spacial score (nSPS) is 22.7. The third kappa shape index (κ3) is 5.85. The van der Waals surface area contributed by atoms with Gasteiger partial charge >= 0.3 is 0 Å². The Kier molecular flexibility index (Phi) is 7.42. The number of piperidine rings is 1. The number of rotatable bonds is 5. The Morgan fingerprint density at radius 1 is 1.32 bits per heavy atom. The maximum absolute atomic E-state index is 6.00. The predicted octanol–water partition coefficient (Wildman–Crippen LogP) is 2.14. The van der Waals surface area contributed by atoms with Gasteiger partial charge in [-0.15, -0.1) is 24.0 Å². The molecule has 1 aliphatic carbocycles. The van der Waals surface area contributed by atoms with Crippen molar-refractivity contribution in [3.63, 3.8) is 0 Å². The van der Waals surface area contributed by atoms with E-state index in [4.69, 9.17) is 5.73 Å². The first-order valence-corrected chi connectivity index (χ1v) is 7.42. The summed E-state index contributed by atoms with van der Waals surface area (Å²) >= 11 is 0. The molecule has 2 N–H and O–H groups in total. The van der Waals surface area contributed by atoms with Crippen LogP contribution in [0.1, 0.15) is 39.0 Å². The molecule has 4 nitrogen and oxygen atoms in total. The van der Waals surface area contributed by atoms with E-state index in [1.807, 2.05) is 0 Å². The monoisotopic (exact) mass is 380 g/mol. The third-order valence-corrected chi connectivity index (χ3v) is 4.04. The lowest BCUT2D eigenvalue weighted by atomic mass is 10.1. The van der Waals surface area contributed by atoms with Crippen molar-refractivity contribution in [2.24, 2.45) is 16.6 Å². The fraction of sp³-hybridized carbons (Fsp3) is 0.929. The number of hydrogen-bond acceptors (Lipinski definition) is 2. The van der Waals surface area contributed by atoms with E-state index in [2.05, 4.69) is 28.8 Å². The Balaban J connectivity index is 0.00000180. The molecule has 1 aliphatic heterocycles. The van der Waals surface area contributed by atoms with Gasteiger partial charge in [-0.2, -0.15) is 0 Å². The molecule has 1 unspecified atom stereocenters. The van der Waals surface area contributed by atoms with Crippen LogP contribution in [0.15, 0.2) is 4.99 Å². The summed E-state index contributed by atoms with van der Waals surface area (Å²) in [6, 6.07) is 0.658. The second-order valence-electron chi connectivity index (χ2n) is 6.01. The van der Waals surface area contributed by atoms with Crippen LogP contribution in [0.2, 0.25) is 0 Å². The summed E-state index contributed by atoms with van der Waals surface area (Å²) in [6.45, 7) is 6.85. The van der Waals surface area contributed by atoms with Gasteiger partial charge in [-0.3, -0.25) is 4.99 Å². The molecule has 2 aliphatic rings. The highest BCUT2D eigenvalue weighted by Gasteiger charge is 2.27. The summed E-state index contributed by atoms with van der Waals surface area (Å²) < 4.78 is 0. The average molecular weight is 380 g/mol. The van der Waals surface area contributed by atoms with Crippen molar-refractivity contribution in [1.82, 2.24) is 9.80 Å². The number of aliphatic imine (C=N–C) groups is 1. The van der Waals surface area contributed by atoms with Gasteiger partial charge in [-0.1, -0.05) is 13.3 Å². The van der Waals surface area contributed by atoms with Gasteiger partial charge in [0.25, 0.3) is 0 Å². The zero-order valence-electron chi connectivity index (χ0n) is 12.3. The van der Waals surface area contributed by atoms with Gasteiger partial charge in [0.1, 0.15) is 0 Å². The molecule has 112 valence electrons. The van der Waals surface area contributed by atoms with Crippen molar-refractivity contribution in [3.05, 3.63) is 0 Å². The molecule has 2 rings (SSSR count). The fourth-order valence-corrected chi connectivity index (χ4v) is 2.65. The predicted molar refractivity (Wildman–Crippen MR) is 92.1 cm³/mol. The van der Waals surface area contributed by atoms with Crippen molar-refractivity contribution < 1.29 is 0 Å². The minimum absolute atomic E-state index is 0. The molecule has 0 aromatic rings. The van der Waals surface area contributed by atoms with Gasteiger partial charge in [0.05, 0.1) is 0 Å². The van der Waals surface area contributed by atoms with Crippen molar-refractivity contribution in [2.45, 2.75) is 45.1 Å². The summed E-state index contributed by atoms with van der Waals surface area (Å²) in [5, 5.41) is 0. The topological polar surface area (TPSA) is 44.9 Å². The zero-order chi connectivity index (χ0) is 13.0. The Morgan fingerprint density at radius 3 is 2.53 bits per heavy atom. The van der Waals surface area contributed by atoms with E-state index in [0.717, 1.165) is 12.5 Å². The lowest BCUT2D eigenvalue weighted by molar-refractivity contribution is 0.203. The van der Waals surface area contributed by atoms with Crippen LogP contribution < -0.4 is 5.73 Å². The number of nitrogens with zero attached hydrogens (tertiary/aromatic N) is 3. The van der Waals surface area contributed by atoms with Gasteiger partial charge in [0.15, 0.2) is 5.96 Å². The number of nitrogens with two attached hydrogens (primary N) is 1. The highest BCUT2D eigenvalue weighted by molar-refractivity contribution is 14.0. The lowest BCUT2D eigenvalue weighted by Gasteiger charge is -2.28. The maximum atomic E-state index is 6.00. The third-order valence-electron chi connectivity index (χ3n) is 4.04. The van der Waals surface area contributed by atoms with Crippen LogP contribution in [0.5, 0.6) is 0 Å². The Labute approximate surface area is 134 Å². The van der Waals surface area contributed by atoms with E-state index in [0.29, 0.717) is 12.0 Å². The van der Waals surface area contributed by atoms with Gasteiger partial charge in [0, 0.05) is 26.2 Å². The van der Waals surface area contributed by atoms with E-state index in [1.54, 1.807) is 0 Å². The molecule has 2 fully saturated rings. The highest BCUT2D eigenvalue weighted by Crippen LogP contribution is 2.24. The second-order valence-corrected chi connectivity index (χ2v) is 6.01. The standard InChI is InChI=1S/C14H28N4.HI/c1-12(11-18-8-4-3-5-9-18)10-16-14(15)17(2)13-6-7-13;/h12-13H,3-11H2,1-2H3,(H2,15,16);1H. The fourth-order valence-electron chi connectivity index (χ4n) is 2.65. The molecule has 0 aromatic heterocycles. The molecule has 0 amide bonds. The first-order chi connectivity index (χ1) is 8.66. The number of likely N-dealkylation sites (tertiary alicyclic amines) is 1. The number of hydrogen-bond donors (Lipinski definition) is 1. The lowest BCUT2D eigenvalue weighted by Crippen LogP contribution is -2.37. The summed E-state index contributed by atoms with van der Waals surface area (Å²) in [4.78, 5) is 9.25. The average Bonchev–Trinajstić information content (AvgIpc) is 3.20. The maximum Gasteiger partial charge on any atom is 0.191 e. The minimum Gasteiger partial charge on any atom is -0.370 e. The Bertz CT molecular complexity index is 285. The highest BCUT2D eigenvalue weighted by atomic mass is 127. The van der Waals surface area contributed by atoms with Gasteiger partial charge in [-0.05, 0) is 44.7 Å². The van der Waals surface area contributed by atoms with Crippen molar-refractivity contribution in [3.8, 4) is 0 Å². The van der Waals surface area contributed by atoms with E-state index in [-0.39, 0.29) is 24.0 Å². The molecule has 1 atom stereocenters. The second kappa shape index (κ2) is 8.29. The zero-order valence-corrected chi connectivity index (χ0v) is 14.7. The smallest absolute Gasteiger partial charge is 0.191 e. The molecule has 1 heterocycles. The molecule has 0 aromatic carbocycles. The van der Waals surface area contributed by atoms with E-state index < -0.39 is 0 Å². The largest absolute Gasteiger partial charge is 0.370 e. The van der Waals surface area contributed by atoms with Crippen LogP contribution in [0.3, 0.4) is 0 Å². The molecule has 1 saturated carbocycles. The molecule has 0 spiro atoms. The number of halogens is 1. The van der Waals surface area contributed by atoms with Crippen LogP contribution >= 0.6 is 24.0 Å². The van der Waals surface area contributed by atoms with Crippen LogP contribution in [0.4, 0.5) is 0 Å². The quantitative estimate of drug-likeness (QED) is 0.452. The first kappa shape index (κ1) is 17.0. The minimum atomic E-state index is 0. The molecule has 19 heavy (non-hydrogen) atoms. The Hall–Kier alpha value is -0.0400. The first-order valence-electron chi connectivity index (χ1n) is 7.42. The van der Waals surface area contributed by atoms with E-state index in [9.17, 15) is 0 Å².